The predicted octanol–water partition coefficient (Wildman–Crippen LogP) is 5.23. The number of phenolic OH excluding ortho intramolecular Hbond substituents is 3. The highest BCUT2D eigenvalue weighted by atomic mass is 35.5. The number of hydrogen-bond donors (Lipinski definition) is 19. The molecular weight excluding hydrogens is 1590 g/mol. The lowest BCUT2D eigenvalue weighted by Gasteiger charge is -2.48. The molecule has 0 aromatic heterocycles. The van der Waals surface area contributed by atoms with Crippen molar-refractivity contribution in [2.75, 3.05) is 20.7 Å². The second kappa shape index (κ2) is 38.7. The lowest BCUT2D eigenvalue weighted by atomic mass is 9.84. The minimum Gasteiger partial charge on any atom is -0.508 e. The quantitative estimate of drug-likeness (QED) is 0.0523. The SMILES string of the molecule is CNC(=O)C1NC(=O)[C@@H](C)NC(=O)[C@H](CC(N)=O)NC(=O)[C@H](NC(=O)[C@@H](CC(C)C)NC)[C@H](O)c2ccc(c(Cl)c2)Oc2cccc(c2OC2OC(CO)C(O)C(O)C2OC2CC(C)(NCc3ccc(-c4ccc(Cl)cc4)cc3)C(O)C(C)O2)Oc2ccc(cc2Cl)[C@@H](O)CC(=O)N[C@H](C(=O)O)c2cc(O)cc(O)c2-c2cc1ccc2O. The Morgan fingerprint density at radius 1 is 0.692 bits per heavy atom. The fourth-order valence-electron chi connectivity index (χ4n) is 13.8. The van der Waals surface area contributed by atoms with Crippen molar-refractivity contribution in [2.45, 2.75) is 170 Å². The number of carboxylic acid groups (broad SMARTS) is 1. The Labute approximate surface area is 686 Å². The second-order valence-corrected chi connectivity index (χ2v) is 30.4. The minimum atomic E-state index is -2.20. The third-order valence-corrected chi connectivity index (χ3v) is 21.0. The van der Waals surface area contributed by atoms with Crippen LogP contribution in [0.5, 0.6) is 46.0 Å². The van der Waals surface area contributed by atoms with E-state index >= 15 is 0 Å². The number of phenols is 3. The number of fused-ring (bicyclic) bond motifs is 2. The first-order valence-electron chi connectivity index (χ1n) is 37.1. The molecular formula is C81H92Cl3N9O24. The molecule has 12 rings (SSSR count). The zero-order valence-corrected chi connectivity index (χ0v) is 66.4. The number of nitrogens with one attached hydrogen (secondary N) is 8. The van der Waals surface area contributed by atoms with E-state index < -0.39 is 210 Å². The van der Waals surface area contributed by atoms with E-state index in [1.807, 2.05) is 50.2 Å². The second-order valence-electron chi connectivity index (χ2n) is 29.2. The minimum absolute atomic E-state index is 0.0506. The number of aliphatic hydroxyl groups excluding tert-OH is 6. The van der Waals surface area contributed by atoms with Crippen molar-refractivity contribution in [2.24, 2.45) is 11.7 Å². The molecule has 0 saturated carbocycles. The maximum atomic E-state index is 14.8. The highest BCUT2D eigenvalue weighted by Crippen LogP contribution is 2.48. The Morgan fingerprint density at radius 3 is 1.91 bits per heavy atom. The summed E-state index contributed by atoms with van der Waals surface area (Å²) in [5, 5.41) is 135. The average molecular weight is 1680 g/mol. The van der Waals surface area contributed by atoms with Crippen LogP contribution in [0.2, 0.25) is 15.1 Å². The number of aliphatic carboxylic acids is 1. The summed E-state index contributed by atoms with van der Waals surface area (Å²) in [7, 11) is 2.68. The van der Waals surface area contributed by atoms with Crippen LogP contribution < -0.4 is 62.5 Å². The monoisotopic (exact) mass is 1680 g/mol. The van der Waals surface area contributed by atoms with Crippen LogP contribution in [0.4, 0.5) is 0 Å². The number of aliphatic hydroxyl groups is 6. The van der Waals surface area contributed by atoms with E-state index in [4.69, 9.17) is 69.0 Å². The lowest BCUT2D eigenvalue weighted by molar-refractivity contribution is -0.334. The van der Waals surface area contributed by atoms with Crippen LogP contribution in [0, 0.1) is 5.92 Å². The number of aromatic hydroxyl groups is 3. The number of rotatable bonds is 18. The first-order valence-corrected chi connectivity index (χ1v) is 38.2. The van der Waals surface area contributed by atoms with Crippen molar-refractivity contribution < 1.29 is 118 Å². The smallest absolute Gasteiger partial charge is 0.330 e. The zero-order valence-electron chi connectivity index (χ0n) is 64.2. The van der Waals surface area contributed by atoms with Crippen molar-refractivity contribution in [3.63, 3.8) is 0 Å². The molecule has 36 heteroatoms. The van der Waals surface area contributed by atoms with E-state index in [-0.39, 0.29) is 75.0 Å². The van der Waals surface area contributed by atoms with Gasteiger partial charge in [0.1, 0.15) is 77.3 Å². The van der Waals surface area contributed by atoms with E-state index in [1.165, 1.54) is 62.6 Å². The zero-order chi connectivity index (χ0) is 85.2. The number of carbonyl (C=O) groups is 8. The van der Waals surface area contributed by atoms with Crippen LogP contribution in [-0.4, -0.2) is 198 Å². The van der Waals surface area contributed by atoms with E-state index in [9.17, 15) is 89.4 Å². The highest BCUT2D eigenvalue weighted by Gasteiger charge is 2.52. The Bertz CT molecular complexity index is 4800. The molecule has 2 fully saturated rings. The number of hydrogen-bond acceptors (Lipinski definition) is 25. The van der Waals surface area contributed by atoms with Gasteiger partial charge in [-0.05, 0) is 140 Å². The third-order valence-electron chi connectivity index (χ3n) is 20.1. The van der Waals surface area contributed by atoms with Gasteiger partial charge in [0.15, 0.2) is 29.9 Å². The molecule has 2 saturated heterocycles. The maximum absolute atomic E-state index is 14.8. The van der Waals surface area contributed by atoms with E-state index in [1.54, 1.807) is 26.0 Å². The summed E-state index contributed by atoms with van der Waals surface area (Å²) in [5.41, 5.74) is 5.28. The number of amides is 7. The van der Waals surface area contributed by atoms with Crippen molar-refractivity contribution in [3.05, 3.63) is 176 Å². The Kier molecular flexibility index (Phi) is 29.4. The number of likely N-dealkylation sites (N-methyl/N-ethyl adjacent to an activating group) is 2. The number of para-hydroxylation sites is 1. The first kappa shape index (κ1) is 88.9. The molecule has 33 nitrogen and oxygen atoms in total. The molecule has 0 spiro atoms. The lowest BCUT2D eigenvalue weighted by Crippen LogP contribution is -2.65. The fourth-order valence-corrected chi connectivity index (χ4v) is 14.3. The largest absolute Gasteiger partial charge is 0.508 e. The molecule has 7 amide bonds. The molecule has 17 atom stereocenters. The standard InChI is InChI=1S/C81H92Cl3N9O24/c1-36(2)25-51(86-6)75(106)93-67-68(101)44-19-24-57(50(84)28-44)114-59-10-8-9-58(71(59)117-80-72(70(103)69(102)60(35-94)115-80)116-63-33-81(5,73(104)38(4)112-63)88-34-39-11-13-40(14-12-39)41-15-20-45(82)21-16-41)113-56-23-18-42(27-49(56)83)54(97)32-62(100)91-66(79(110)111)48-29-46(95)30-55(98)64(48)47-26-43(17-22-53(47)96)65(77(108)87-7)92-74(105)37(3)89-76(107)52(31-61(85)99)90-78(67)109/h8-24,26-30,36-38,51-52,54,60,63,65-70,72-73,80,86,88,94-98,101-104H,25,31-35H2,1-7H3,(H2,85,99)(H,87,108)(H,89,107)(H,90,109)(H,91,100)(H,92,105)(H,93,106)(H,110,111)/t37-,38?,51-,52+,54+,60?,63?,65?,66+,67-,68-,69?,70?,72?,73?,80?,81?/m1/s1. The number of carboxylic acids is 1. The highest BCUT2D eigenvalue weighted by molar-refractivity contribution is 6.32. The predicted molar refractivity (Wildman–Crippen MR) is 422 cm³/mol. The Morgan fingerprint density at radius 2 is 1.32 bits per heavy atom. The number of carbonyl (C=O) groups excluding carboxylic acids is 7. The fraction of sp³-hybridized carbons (Fsp3) is 0.383. The van der Waals surface area contributed by atoms with Gasteiger partial charge in [0.2, 0.25) is 53.4 Å². The van der Waals surface area contributed by atoms with Gasteiger partial charge < -0.3 is 128 Å². The average Bonchev–Trinajstić information content (AvgIpc) is 0.788. The van der Waals surface area contributed by atoms with Crippen molar-refractivity contribution in [3.8, 4) is 68.2 Å². The van der Waals surface area contributed by atoms with Crippen molar-refractivity contribution in [1.82, 2.24) is 42.5 Å². The Balaban J connectivity index is 1.05. The third kappa shape index (κ3) is 21.5. The van der Waals surface area contributed by atoms with Gasteiger partial charge in [-0.2, -0.15) is 0 Å². The van der Waals surface area contributed by atoms with Crippen LogP contribution in [0.3, 0.4) is 0 Å². The summed E-state index contributed by atoms with van der Waals surface area (Å²) in [6.45, 7) is 7.51. The van der Waals surface area contributed by atoms with Gasteiger partial charge in [-0.3, -0.25) is 33.6 Å². The molecule has 20 N–H and O–H groups in total. The van der Waals surface area contributed by atoms with Crippen molar-refractivity contribution >= 4 is 82.1 Å². The van der Waals surface area contributed by atoms with Crippen LogP contribution in [0.15, 0.2) is 133 Å². The van der Waals surface area contributed by atoms with E-state index in [0.717, 1.165) is 60.0 Å². The van der Waals surface area contributed by atoms with Crippen LogP contribution in [-0.2, 0) is 59.1 Å². The maximum Gasteiger partial charge on any atom is 0.330 e. The number of halogens is 3. The molecule has 7 aromatic carbocycles. The molecule has 0 aliphatic carbocycles. The molecule has 8 bridgehead atoms. The van der Waals surface area contributed by atoms with E-state index in [0.29, 0.717) is 5.02 Å². The van der Waals surface area contributed by atoms with Gasteiger partial charge in [-0.1, -0.05) is 109 Å². The summed E-state index contributed by atoms with van der Waals surface area (Å²) < 4.78 is 38.7. The van der Waals surface area contributed by atoms with Crippen LogP contribution in [0.25, 0.3) is 22.3 Å². The summed E-state index contributed by atoms with van der Waals surface area (Å²) in [4.78, 5) is 111. The van der Waals surface area contributed by atoms with Crippen molar-refractivity contribution in [1.29, 1.82) is 0 Å². The summed E-state index contributed by atoms with van der Waals surface area (Å²) >= 11 is 20.2. The molecule has 5 aliphatic rings. The molecule has 7 aromatic rings. The van der Waals surface area contributed by atoms with Gasteiger partial charge in [0.05, 0.1) is 53.8 Å². The van der Waals surface area contributed by atoms with Gasteiger partial charge in [-0.25, -0.2) is 4.79 Å². The molecule has 117 heavy (non-hydrogen) atoms. The molecule has 0 radical (unpaired) electrons. The van der Waals surface area contributed by atoms with Gasteiger partial charge in [0, 0.05) is 53.3 Å². The Hall–Kier alpha value is -10.5. The van der Waals surface area contributed by atoms with Crippen LogP contribution >= 0.6 is 34.8 Å². The summed E-state index contributed by atoms with van der Waals surface area (Å²) in [6.07, 6.45) is -17.9. The molecule has 10 unspecified atom stereocenters. The molecule has 626 valence electrons. The van der Waals surface area contributed by atoms with Gasteiger partial charge in [0.25, 0.3) is 0 Å². The summed E-state index contributed by atoms with van der Waals surface area (Å²) in [6, 6.07) is 20.8. The molecule has 5 aliphatic heterocycles. The van der Waals surface area contributed by atoms with Gasteiger partial charge in [-0.15, -0.1) is 0 Å². The molecule has 5 heterocycles. The van der Waals surface area contributed by atoms with E-state index in [2.05, 4.69) is 42.5 Å². The topological polar surface area (TPSA) is 517 Å². The van der Waals surface area contributed by atoms with Gasteiger partial charge >= 0.3 is 5.97 Å². The van der Waals surface area contributed by atoms with Crippen LogP contribution in [0.1, 0.15) is 112 Å². The number of ether oxygens (including phenoxy) is 6. The summed E-state index contributed by atoms with van der Waals surface area (Å²) in [5.74, 6) is -13.3. The number of primary amides is 1. The number of benzene rings is 7. The normalized spacial score (nSPS) is 25.8. The number of nitrogens with two attached hydrogens (primary N) is 1. The first-order chi connectivity index (χ1) is 55.5.